The maximum atomic E-state index is 2.47. The molecular weight excluding hydrogens is 565 g/mol. The van der Waals surface area contributed by atoms with Gasteiger partial charge in [-0.3, -0.25) is 0 Å². The second-order valence-electron chi connectivity index (χ2n) is 14.0. The third-order valence-electron chi connectivity index (χ3n) is 11.1. The standard InChI is InChI=1S/C47H34/c1-47(2)43-27-35(34-17-14-29-8-3-4-9-33(29)26-34)20-23-40(43)41-24-21-36(28-44(41)47)37-12-5-6-13-38(37)39-22-18-32-16-15-30-10-7-11-31-19-25-42(39)46(32)45(30)31/h3-9,11-15,17-28H,10,16H2,1-2H3. The molecule has 0 spiro atoms. The zero-order valence-electron chi connectivity index (χ0n) is 26.8. The topological polar surface area (TPSA) is 0 Å². The molecule has 3 aliphatic carbocycles. The summed E-state index contributed by atoms with van der Waals surface area (Å²) >= 11 is 0. The Morgan fingerprint density at radius 2 is 1.19 bits per heavy atom. The van der Waals surface area contributed by atoms with Crippen LogP contribution in [-0.4, -0.2) is 0 Å². The zero-order chi connectivity index (χ0) is 31.3. The lowest BCUT2D eigenvalue weighted by molar-refractivity contribution is 0.661. The van der Waals surface area contributed by atoms with Gasteiger partial charge in [-0.2, -0.15) is 0 Å². The van der Waals surface area contributed by atoms with Gasteiger partial charge < -0.3 is 0 Å². The second kappa shape index (κ2) is 9.77. The van der Waals surface area contributed by atoms with Gasteiger partial charge in [0.05, 0.1) is 0 Å². The van der Waals surface area contributed by atoms with E-state index >= 15 is 0 Å². The Morgan fingerprint density at radius 1 is 0.511 bits per heavy atom. The lowest BCUT2D eigenvalue weighted by atomic mass is 9.79. The molecule has 0 aliphatic heterocycles. The minimum Gasteiger partial charge on any atom is -0.0795 e. The molecule has 0 nitrogen and oxygen atoms in total. The van der Waals surface area contributed by atoms with Crippen LogP contribution in [0.25, 0.3) is 77.7 Å². The van der Waals surface area contributed by atoms with E-state index < -0.39 is 0 Å². The highest BCUT2D eigenvalue weighted by atomic mass is 14.4. The lowest BCUT2D eigenvalue weighted by Crippen LogP contribution is -2.15. The Labute approximate surface area is 276 Å². The molecule has 0 saturated heterocycles. The first kappa shape index (κ1) is 26.7. The highest BCUT2D eigenvalue weighted by molar-refractivity contribution is 6.09. The van der Waals surface area contributed by atoms with Crippen LogP contribution in [0, 0.1) is 0 Å². The molecule has 0 radical (unpaired) electrons. The van der Waals surface area contributed by atoms with Crippen molar-refractivity contribution in [2.45, 2.75) is 32.1 Å². The summed E-state index contributed by atoms with van der Waals surface area (Å²) in [5, 5.41) is 5.38. The minimum atomic E-state index is -0.108. The largest absolute Gasteiger partial charge is 0.0795 e. The van der Waals surface area contributed by atoms with E-state index in [9.17, 15) is 0 Å². The monoisotopic (exact) mass is 598 g/mol. The first-order chi connectivity index (χ1) is 23.0. The van der Waals surface area contributed by atoms with Crippen LogP contribution in [-0.2, 0) is 11.8 Å². The molecule has 0 heteroatoms. The average molecular weight is 599 g/mol. The molecule has 222 valence electrons. The van der Waals surface area contributed by atoms with Crippen molar-refractivity contribution >= 4 is 33.2 Å². The van der Waals surface area contributed by atoms with E-state index in [1.165, 1.54) is 99.4 Å². The van der Waals surface area contributed by atoms with Crippen LogP contribution in [0.1, 0.15) is 48.1 Å². The normalized spacial score (nSPS) is 15.1. The van der Waals surface area contributed by atoms with Gasteiger partial charge in [0.25, 0.3) is 0 Å². The quantitative estimate of drug-likeness (QED) is 0.190. The van der Waals surface area contributed by atoms with Crippen molar-refractivity contribution < 1.29 is 0 Å². The summed E-state index contributed by atoms with van der Waals surface area (Å²) < 4.78 is 0. The van der Waals surface area contributed by atoms with Crippen molar-refractivity contribution in [1.82, 2.24) is 0 Å². The first-order valence-corrected chi connectivity index (χ1v) is 16.9. The van der Waals surface area contributed by atoms with Crippen LogP contribution in [0.2, 0.25) is 0 Å². The number of allylic oxidation sites excluding steroid dienone is 3. The fraction of sp³-hybridized carbons (Fsp3) is 0.106. The fourth-order valence-electron chi connectivity index (χ4n) is 8.68. The van der Waals surface area contributed by atoms with Gasteiger partial charge in [0, 0.05) is 5.41 Å². The number of hydrogen-bond acceptors (Lipinski definition) is 0. The van der Waals surface area contributed by atoms with E-state index in [1.807, 2.05) is 0 Å². The molecule has 7 aromatic carbocycles. The molecule has 0 bridgehead atoms. The highest BCUT2D eigenvalue weighted by Crippen LogP contribution is 2.51. The third-order valence-corrected chi connectivity index (χ3v) is 11.1. The van der Waals surface area contributed by atoms with Crippen molar-refractivity contribution in [2.75, 3.05) is 0 Å². The van der Waals surface area contributed by atoms with Crippen molar-refractivity contribution in [2.24, 2.45) is 0 Å². The lowest BCUT2D eigenvalue weighted by Gasteiger charge is -2.25. The van der Waals surface area contributed by atoms with Gasteiger partial charge in [-0.15, -0.1) is 0 Å². The molecule has 0 atom stereocenters. The van der Waals surface area contributed by atoms with Crippen LogP contribution in [0.5, 0.6) is 0 Å². The third kappa shape index (κ3) is 3.88. The van der Waals surface area contributed by atoms with Gasteiger partial charge >= 0.3 is 0 Å². The van der Waals surface area contributed by atoms with Crippen LogP contribution in [0.15, 0.2) is 140 Å². The van der Waals surface area contributed by atoms with E-state index in [1.54, 1.807) is 0 Å². The summed E-state index contributed by atoms with van der Waals surface area (Å²) in [6.45, 7) is 4.79. The van der Waals surface area contributed by atoms with Gasteiger partial charge in [0.1, 0.15) is 0 Å². The Bertz CT molecular complexity index is 2530. The van der Waals surface area contributed by atoms with Gasteiger partial charge in [0.2, 0.25) is 0 Å². The van der Waals surface area contributed by atoms with Crippen molar-refractivity contribution in [1.29, 1.82) is 0 Å². The van der Waals surface area contributed by atoms with Crippen LogP contribution in [0.3, 0.4) is 0 Å². The Kier molecular flexibility index (Phi) is 5.56. The predicted octanol–water partition coefficient (Wildman–Crippen LogP) is 12.7. The number of fused-ring (bicyclic) bond motifs is 4. The molecule has 0 saturated carbocycles. The summed E-state index contributed by atoms with van der Waals surface area (Å²) in [4.78, 5) is 0. The average Bonchev–Trinajstić information content (AvgIpc) is 3.35. The predicted molar refractivity (Wildman–Crippen MR) is 201 cm³/mol. The van der Waals surface area contributed by atoms with Crippen molar-refractivity contribution in [3.8, 4) is 44.5 Å². The Morgan fingerprint density at radius 3 is 2.04 bits per heavy atom. The van der Waals surface area contributed by atoms with Gasteiger partial charge in [-0.25, -0.2) is 0 Å². The maximum Gasteiger partial charge on any atom is 0.0159 e. The van der Waals surface area contributed by atoms with E-state index in [-0.39, 0.29) is 5.41 Å². The first-order valence-electron chi connectivity index (χ1n) is 16.9. The summed E-state index contributed by atoms with van der Waals surface area (Å²) in [7, 11) is 0. The highest BCUT2D eigenvalue weighted by Gasteiger charge is 2.36. The number of rotatable bonds is 3. The molecule has 10 rings (SSSR count). The van der Waals surface area contributed by atoms with Crippen LogP contribution >= 0.6 is 0 Å². The van der Waals surface area contributed by atoms with Crippen LogP contribution < -0.4 is 0 Å². The molecule has 3 aliphatic rings. The Hall–Kier alpha value is -5.46. The maximum absolute atomic E-state index is 2.47. The van der Waals surface area contributed by atoms with Crippen molar-refractivity contribution in [3.63, 3.8) is 0 Å². The molecular formula is C47H34. The Balaban J connectivity index is 1.09. The molecule has 0 heterocycles. The molecule has 0 N–H and O–H groups in total. The van der Waals surface area contributed by atoms with E-state index in [2.05, 4.69) is 159 Å². The molecule has 47 heavy (non-hydrogen) atoms. The molecule has 0 fully saturated rings. The summed E-state index contributed by atoms with van der Waals surface area (Å²) in [6, 6.07) is 48.1. The fourth-order valence-corrected chi connectivity index (χ4v) is 8.68. The summed E-state index contributed by atoms with van der Waals surface area (Å²) in [6.07, 6.45) is 9.09. The second-order valence-corrected chi connectivity index (χ2v) is 14.0. The molecule has 0 aromatic heterocycles. The number of benzene rings is 7. The molecule has 0 unspecified atom stereocenters. The van der Waals surface area contributed by atoms with E-state index in [0.29, 0.717) is 0 Å². The molecule has 0 amide bonds. The SMILES string of the molecule is CC1(C)c2cc(-c3ccc4ccccc4c3)ccc2-c2ccc(-c3ccccc3-c3ccc4c5c6c(ccc35)C=CCC6=CC4)cc21. The van der Waals surface area contributed by atoms with Gasteiger partial charge in [0.15, 0.2) is 0 Å². The summed E-state index contributed by atoms with van der Waals surface area (Å²) in [5.41, 5.74) is 18.9. The number of hydrogen-bond donors (Lipinski definition) is 0. The zero-order valence-corrected chi connectivity index (χ0v) is 26.8. The van der Waals surface area contributed by atoms with E-state index in [4.69, 9.17) is 0 Å². The smallest absolute Gasteiger partial charge is 0.0159 e. The minimum absolute atomic E-state index is 0.108. The van der Waals surface area contributed by atoms with Crippen LogP contribution in [0.4, 0.5) is 0 Å². The van der Waals surface area contributed by atoms with Gasteiger partial charge in [-0.1, -0.05) is 141 Å². The van der Waals surface area contributed by atoms with Gasteiger partial charge in [-0.05, 0) is 130 Å². The summed E-state index contributed by atoms with van der Waals surface area (Å²) in [5.74, 6) is 0. The molecule has 7 aromatic rings. The van der Waals surface area contributed by atoms with E-state index in [0.717, 1.165) is 12.8 Å². The van der Waals surface area contributed by atoms with Crippen molar-refractivity contribution in [3.05, 3.63) is 167 Å².